The van der Waals surface area contributed by atoms with Crippen molar-refractivity contribution in [2.45, 2.75) is 19.9 Å². The fraction of sp³-hybridized carbons (Fsp3) is 0.750. The van der Waals surface area contributed by atoms with Gasteiger partial charge in [-0.2, -0.15) is 0 Å². The van der Waals surface area contributed by atoms with Gasteiger partial charge in [-0.05, 0) is 13.8 Å². The molecule has 0 aromatic rings. The summed E-state index contributed by atoms with van der Waals surface area (Å²) in [7, 11) is 0. The molecule has 0 aromatic heterocycles. The predicted molar refractivity (Wildman–Crippen MR) is 43.9 cm³/mol. The van der Waals surface area contributed by atoms with Gasteiger partial charge in [-0.15, -0.1) is 0 Å². The third-order valence-corrected chi connectivity index (χ3v) is 1.05. The molecule has 0 aliphatic carbocycles. The van der Waals surface area contributed by atoms with Crippen LogP contribution in [-0.4, -0.2) is 12.0 Å². The smallest absolute Gasteiger partial charge is 0.197 e. The van der Waals surface area contributed by atoms with Crippen molar-refractivity contribution in [2.75, 3.05) is 0 Å². The van der Waals surface area contributed by atoms with Gasteiger partial charge in [0, 0.05) is 6.04 Å². The van der Waals surface area contributed by atoms with Gasteiger partial charge < -0.3 is 5.73 Å². The first-order valence-corrected chi connectivity index (χ1v) is 3.44. The number of hydrogen-bond donors (Lipinski definition) is 2. The zero-order valence-electron chi connectivity index (χ0n) is 4.98. The van der Waals surface area contributed by atoms with Crippen LogP contribution in [0.1, 0.15) is 13.8 Å². The zero-order chi connectivity index (χ0) is 6.57. The number of nitrogens with one attached hydrogen (secondary N) is 1. The number of aliphatic imine (C=N–C) groups is 1. The van der Waals surface area contributed by atoms with Crippen molar-refractivity contribution >= 4 is 28.8 Å². The fourth-order valence-corrected chi connectivity index (χ4v) is 0.442. The van der Waals surface area contributed by atoms with Gasteiger partial charge in [0.2, 0.25) is 0 Å². The third kappa shape index (κ3) is 4.17. The number of nitrogens with two attached hydrogens (primary N) is 1. The molecule has 3 nitrogen and oxygen atoms in total. The maximum atomic E-state index is 5.31. The SMILES string of the molecule is CC(C)N=C(N)NI. The lowest BCUT2D eigenvalue weighted by molar-refractivity contribution is 0.830. The quantitative estimate of drug-likeness (QED) is 0.299. The van der Waals surface area contributed by atoms with Gasteiger partial charge in [0.05, 0.1) is 22.9 Å². The Morgan fingerprint density at radius 2 is 2.25 bits per heavy atom. The van der Waals surface area contributed by atoms with Crippen LogP contribution < -0.4 is 9.26 Å². The summed E-state index contributed by atoms with van der Waals surface area (Å²) in [5.41, 5.74) is 5.31. The highest BCUT2D eigenvalue weighted by Gasteiger charge is 1.87. The number of nitrogens with zero attached hydrogens (tertiary/aromatic N) is 1. The Labute approximate surface area is 63.2 Å². The molecule has 0 spiro atoms. The minimum absolute atomic E-state index is 0.275. The Bertz CT molecular complexity index is 89.3. The van der Waals surface area contributed by atoms with Crippen molar-refractivity contribution in [3.63, 3.8) is 0 Å². The molecule has 0 heterocycles. The van der Waals surface area contributed by atoms with Crippen molar-refractivity contribution in [2.24, 2.45) is 10.7 Å². The minimum atomic E-state index is 0.275. The van der Waals surface area contributed by atoms with E-state index in [0.717, 1.165) is 0 Å². The van der Waals surface area contributed by atoms with Crippen LogP contribution in [0.5, 0.6) is 0 Å². The van der Waals surface area contributed by atoms with Crippen molar-refractivity contribution in [3.05, 3.63) is 0 Å². The molecule has 0 bridgehead atoms. The van der Waals surface area contributed by atoms with E-state index < -0.39 is 0 Å². The van der Waals surface area contributed by atoms with Crippen molar-refractivity contribution in [3.8, 4) is 0 Å². The molecule has 0 aromatic carbocycles. The Balaban J connectivity index is 3.56. The largest absolute Gasteiger partial charge is 0.369 e. The van der Waals surface area contributed by atoms with Crippen molar-refractivity contribution in [1.82, 2.24) is 3.53 Å². The second-order valence-electron chi connectivity index (χ2n) is 1.70. The van der Waals surface area contributed by atoms with E-state index in [-0.39, 0.29) is 6.04 Å². The van der Waals surface area contributed by atoms with Crippen LogP contribution >= 0.6 is 22.9 Å². The van der Waals surface area contributed by atoms with Crippen LogP contribution in [0.4, 0.5) is 0 Å². The van der Waals surface area contributed by atoms with Crippen molar-refractivity contribution < 1.29 is 0 Å². The first-order valence-electron chi connectivity index (χ1n) is 2.36. The predicted octanol–water partition coefficient (Wildman–Crippen LogP) is 0.649. The Morgan fingerprint density at radius 1 is 1.75 bits per heavy atom. The number of rotatable bonds is 1. The summed E-state index contributed by atoms with van der Waals surface area (Å²) >= 11 is 1.94. The average Bonchev–Trinajstić information content (AvgIpc) is 1.65. The molecule has 3 N–H and O–H groups in total. The molecule has 0 saturated carbocycles. The van der Waals surface area contributed by atoms with E-state index in [1.54, 1.807) is 0 Å². The topological polar surface area (TPSA) is 50.4 Å². The van der Waals surface area contributed by atoms with Gasteiger partial charge in [-0.3, -0.25) is 8.52 Å². The lowest BCUT2D eigenvalue weighted by atomic mass is 10.4. The Kier molecular flexibility index (Phi) is 3.94. The Hall–Kier alpha value is 0. The fourth-order valence-electron chi connectivity index (χ4n) is 0.303. The lowest BCUT2D eigenvalue weighted by Crippen LogP contribution is -2.24. The third-order valence-electron chi connectivity index (χ3n) is 0.494. The number of guanidine groups is 1. The lowest BCUT2D eigenvalue weighted by Gasteiger charge is -1.97. The van der Waals surface area contributed by atoms with E-state index in [0.29, 0.717) is 5.96 Å². The highest BCUT2D eigenvalue weighted by Crippen LogP contribution is 1.83. The molecule has 0 rings (SSSR count). The van der Waals surface area contributed by atoms with Crippen LogP contribution in [-0.2, 0) is 0 Å². The molecule has 0 unspecified atom stereocenters. The van der Waals surface area contributed by atoms with Crippen LogP contribution in [0, 0.1) is 0 Å². The van der Waals surface area contributed by atoms with E-state index in [9.17, 15) is 0 Å². The van der Waals surface area contributed by atoms with Crippen LogP contribution in [0.15, 0.2) is 4.99 Å². The van der Waals surface area contributed by atoms with E-state index >= 15 is 0 Å². The van der Waals surface area contributed by atoms with Gasteiger partial charge in [0.25, 0.3) is 0 Å². The summed E-state index contributed by atoms with van der Waals surface area (Å²) in [5.74, 6) is 0.487. The monoisotopic (exact) mass is 227 g/mol. The van der Waals surface area contributed by atoms with Gasteiger partial charge >= 0.3 is 0 Å². The maximum Gasteiger partial charge on any atom is 0.197 e. The van der Waals surface area contributed by atoms with E-state index in [1.165, 1.54) is 0 Å². The molecule has 0 aliphatic rings. The molecule has 0 radical (unpaired) electrons. The average molecular weight is 227 g/mol. The molecule has 0 saturated heterocycles. The van der Waals surface area contributed by atoms with E-state index in [4.69, 9.17) is 5.73 Å². The van der Waals surface area contributed by atoms with Crippen LogP contribution in [0.3, 0.4) is 0 Å². The molecular weight excluding hydrogens is 217 g/mol. The number of halogens is 1. The second kappa shape index (κ2) is 3.94. The highest BCUT2D eigenvalue weighted by atomic mass is 127. The molecule has 4 heteroatoms. The molecule has 48 valence electrons. The molecule has 0 amide bonds. The van der Waals surface area contributed by atoms with Gasteiger partial charge in [-0.1, -0.05) is 0 Å². The summed E-state index contributed by atoms with van der Waals surface area (Å²) < 4.78 is 2.69. The molecule has 0 aliphatic heterocycles. The molecule has 0 atom stereocenters. The molecule has 8 heavy (non-hydrogen) atoms. The summed E-state index contributed by atoms with van der Waals surface area (Å²) in [6.07, 6.45) is 0. The molecule has 0 fully saturated rings. The summed E-state index contributed by atoms with van der Waals surface area (Å²) in [5, 5.41) is 0. The maximum absolute atomic E-state index is 5.31. The minimum Gasteiger partial charge on any atom is -0.369 e. The zero-order valence-corrected chi connectivity index (χ0v) is 7.14. The van der Waals surface area contributed by atoms with Crippen molar-refractivity contribution in [1.29, 1.82) is 0 Å². The Morgan fingerprint density at radius 3 is 2.38 bits per heavy atom. The van der Waals surface area contributed by atoms with Crippen LogP contribution in [0.25, 0.3) is 0 Å². The summed E-state index contributed by atoms with van der Waals surface area (Å²) in [6.45, 7) is 3.95. The van der Waals surface area contributed by atoms with Gasteiger partial charge in [0.1, 0.15) is 0 Å². The first-order chi connectivity index (χ1) is 3.66. The van der Waals surface area contributed by atoms with Gasteiger partial charge in [0.15, 0.2) is 5.96 Å². The summed E-state index contributed by atoms with van der Waals surface area (Å²) in [4.78, 5) is 3.97. The van der Waals surface area contributed by atoms with E-state index in [2.05, 4.69) is 8.52 Å². The van der Waals surface area contributed by atoms with Crippen LogP contribution in [0.2, 0.25) is 0 Å². The number of hydrogen-bond acceptors (Lipinski definition) is 1. The normalized spacial score (nSPS) is 12.2. The first kappa shape index (κ1) is 8.00. The summed E-state index contributed by atoms with van der Waals surface area (Å²) in [6, 6.07) is 0.275. The molecular formula is C4H10IN3. The van der Waals surface area contributed by atoms with Gasteiger partial charge in [-0.25, -0.2) is 0 Å². The standard InChI is InChI=1S/C4H10IN3/c1-3(2)7-4(6)8-5/h3H,1-2H3,(H3,6,7,8). The second-order valence-corrected chi connectivity index (χ2v) is 2.24. The van der Waals surface area contributed by atoms with E-state index in [1.807, 2.05) is 36.7 Å². The highest BCUT2D eigenvalue weighted by molar-refractivity contribution is 14.1.